The monoisotopic (exact) mass is 316 g/mol. The number of rotatable bonds is 7. The number of ether oxygens (including phenoxy) is 1. The van der Waals surface area contributed by atoms with Crippen molar-refractivity contribution in [2.45, 2.75) is 25.8 Å². The van der Waals surface area contributed by atoms with Gasteiger partial charge in [-0.3, -0.25) is 9.88 Å². The van der Waals surface area contributed by atoms with Gasteiger partial charge in [-0.2, -0.15) is 0 Å². The van der Waals surface area contributed by atoms with E-state index < -0.39 is 0 Å². The Morgan fingerprint density at radius 3 is 3.05 bits per heavy atom. The predicted octanol–water partition coefficient (Wildman–Crippen LogP) is 3.61. The van der Waals surface area contributed by atoms with Gasteiger partial charge in [0.1, 0.15) is 0 Å². The summed E-state index contributed by atoms with van der Waals surface area (Å²) >= 11 is 1.86. The zero-order valence-electron chi connectivity index (χ0n) is 13.2. The quantitative estimate of drug-likeness (QED) is 0.780. The number of methoxy groups -OCH3 is 1. The van der Waals surface area contributed by atoms with E-state index in [1.165, 1.54) is 29.7 Å². The van der Waals surface area contributed by atoms with Crippen molar-refractivity contribution in [1.82, 2.24) is 9.88 Å². The molecule has 4 heteroatoms. The second-order valence-electron chi connectivity index (χ2n) is 6.33. The van der Waals surface area contributed by atoms with Crippen LogP contribution in [0.3, 0.4) is 0 Å². The van der Waals surface area contributed by atoms with Crippen LogP contribution >= 0.6 is 11.3 Å². The molecule has 0 saturated carbocycles. The molecule has 0 spiro atoms. The molecule has 1 aliphatic heterocycles. The normalized spacial score (nSPS) is 22.2. The highest BCUT2D eigenvalue weighted by molar-refractivity contribution is 7.09. The largest absolute Gasteiger partial charge is 0.384 e. The van der Waals surface area contributed by atoms with Gasteiger partial charge in [0.05, 0.1) is 6.61 Å². The Kier molecular flexibility index (Phi) is 5.24. The van der Waals surface area contributed by atoms with Crippen LogP contribution in [0.5, 0.6) is 0 Å². The third kappa shape index (κ3) is 3.94. The first-order valence-electron chi connectivity index (χ1n) is 7.92. The zero-order chi connectivity index (χ0) is 15.3. The Bertz CT molecular complexity index is 558. The van der Waals surface area contributed by atoms with Crippen LogP contribution in [0.2, 0.25) is 0 Å². The van der Waals surface area contributed by atoms with Crippen LogP contribution in [0.15, 0.2) is 42.0 Å². The molecule has 1 fully saturated rings. The van der Waals surface area contributed by atoms with Crippen molar-refractivity contribution in [3.63, 3.8) is 0 Å². The minimum atomic E-state index is 0.306. The summed E-state index contributed by atoms with van der Waals surface area (Å²) in [5, 5.41) is 2.17. The van der Waals surface area contributed by atoms with Crippen molar-refractivity contribution >= 4 is 11.3 Å². The van der Waals surface area contributed by atoms with Gasteiger partial charge >= 0.3 is 0 Å². The van der Waals surface area contributed by atoms with Crippen LogP contribution in [0.4, 0.5) is 0 Å². The van der Waals surface area contributed by atoms with Gasteiger partial charge in [0, 0.05) is 42.9 Å². The number of nitrogens with zero attached hydrogens (tertiary/aromatic N) is 2. The van der Waals surface area contributed by atoms with E-state index in [9.17, 15) is 0 Å². The van der Waals surface area contributed by atoms with E-state index in [1.807, 2.05) is 36.9 Å². The lowest BCUT2D eigenvalue weighted by molar-refractivity contribution is 0.0765. The number of hydrogen-bond acceptors (Lipinski definition) is 4. The van der Waals surface area contributed by atoms with E-state index >= 15 is 0 Å². The van der Waals surface area contributed by atoms with E-state index in [1.54, 1.807) is 0 Å². The van der Waals surface area contributed by atoms with Crippen LogP contribution in [0.1, 0.15) is 23.3 Å². The van der Waals surface area contributed by atoms with Crippen molar-refractivity contribution in [2.24, 2.45) is 5.41 Å². The molecule has 0 bridgehead atoms. The predicted molar refractivity (Wildman–Crippen MR) is 91.1 cm³/mol. The number of likely N-dealkylation sites (tertiary alicyclic amines) is 1. The van der Waals surface area contributed by atoms with E-state index in [4.69, 9.17) is 4.74 Å². The van der Waals surface area contributed by atoms with Gasteiger partial charge < -0.3 is 4.74 Å². The molecular weight excluding hydrogens is 292 g/mol. The topological polar surface area (TPSA) is 25.4 Å². The Morgan fingerprint density at radius 2 is 2.32 bits per heavy atom. The Balaban J connectivity index is 1.60. The van der Waals surface area contributed by atoms with Crippen LogP contribution in [0.25, 0.3) is 0 Å². The van der Waals surface area contributed by atoms with Gasteiger partial charge in [-0.05, 0) is 48.9 Å². The van der Waals surface area contributed by atoms with Crippen molar-refractivity contribution in [3.05, 3.63) is 52.5 Å². The number of aryl methyl sites for hydroxylation is 1. The average Bonchev–Trinajstić information content (AvgIpc) is 3.17. The van der Waals surface area contributed by atoms with Gasteiger partial charge in [0.25, 0.3) is 0 Å². The van der Waals surface area contributed by atoms with E-state index in [0.29, 0.717) is 5.41 Å². The summed E-state index contributed by atoms with van der Waals surface area (Å²) in [7, 11) is 1.83. The van der Waals surface area contributed by atoms with Crippen molar-refractivity contribution < 1.29 is 4.74 Å². The summed E-state index contributed by atoms with van der Waals surface area (Å²) in [5.41, 5.74) is 1.61. The standard InChI is InChI=1S/C18H24N2OS/c1-21-15-18(7-6-17-5-3-11-22-17)8-10-20(14-18)13-16-4-2-9-19-12-16/h2-5,9,11-12H,6-8,10,13-15H2,1H3/t18-/m1/s1. The number of aromatic nitrogens is 1. The van der Waals surface area contributed by atoms with Crippen molar-refractivity contribution in [1.29, 1.82) is 0 Å². The van der Waals surface area contributed by atoms with Gasteiger partial charge in [0.2, 0.25) is 0 Å². The van der Waals surface area contributed by atoms with Gasteiger partial charge in [-0.25, -0.2) is 0 Å². The molecule has 2 aromatic rings. The fraction of sp³-hybridized carbons (Fsp3) is 0.500. The molecule has 3 heterocycles. The van der Waals surface area contributed by atoms with E-state index in [2.05, 4.69) is 33.5 Å². The second kappa shape index (κ2) is 7.36. The SMILES string of the molecule is COC[C@]1(CCc2cccs2)CCN(Cc2cccnc2)C1. The summed E-state index contributed by atoms with van der Waals surface area (Å²) in [6, 6.07) is 8.57. The molecular formula is C18H24N2OS. The summed E-state index contributed by atoms with van der Waals surface area (Å²) in [6.07, 6.45) is 7.42. The highest BCUT2D eigenvalue weighted by Crippen LogP contribution is 2.36. The first kappa shape index (κ1) is 15.7. The first-order valence-corrected chi connectivity index (χ1v) is 8.80. The molecule has 0 aromatic carbocycles. The molecule has 118 valence electrons. The molecule has 1 saturated heterocycles. The number of hydrogen-bond donors (Lipinski definition) is 0. The van der Waals surface area contributed by atoms with Gasteiger partial charge in [-0.15, -0.1) is 11.3 Å². The lowest BCUT2D eigenvalue weighted by Gasteiger charge is -2.28. The third-order valence-corrected chi connectivity index (χ3v) is 5.51. The summed E-state index contributed by atoms with van der Waals surface area (Å²) < 4.78 is 5.56. The molecule has 0 unspecified atom stereocenters. The average molecular weight is 316 g/mol. The lowest BCUT2D eigenvalue weighted by atomic mass is 9.83. The van der Waals surface area contributed by atoms with Crippen molar-refractivity contribution in [2.75, 3.05) is 26.8 Å². The maximum atomic E-state index is 5.56. The highest BCUT2D eigenvalue weighted by atomic mass is 32.1. The summed E-state index contributed by atoms with van der Waals surface area (Å²) in [5.74, 6) is 0. The third-order valence-electron chi connectivity index (χ3n) is 4.58. The highest BCUT2D eigenvalue weighted by Gasteiger charge is 2.37. The Morgan fingerprint density at radius 1 is 1.36 bits per heavy atom. The maximum Gasteiger partial charge on any atom is 0.0531 e. The molecule has 3 rings (SSSR count). The van der Waals surface area contributed by atoms with Crippen LogP contribution in [-0.4, -0.2) is 36.7 Å². The van der Waals surface area contributed by atoms with E-state index in [0.717, 1.165) is 26.2 Å². The Labute approximate surface area is 137 Å². The molecule has 0 amide bonds. The molecule has 22 heavy (non-hydrogen) atoms. The summed E-state index contributed by atoms with van der Waals surface area (Å²) in [4.78, 5) is 8.25. The van der Waals surface area contributed by atoms with Gasteiger partial charge in [0.15, 0.2) is 0 Å². The molecule has 1 aliphatic rings. The van der Waals surface area contributed by atoms with Crippen molar-refractivity contribution in [3.8, 4) is 0 Å². The van der Waals surface area contributed by atoms with Crippen LogP contribution < -0.4 is 0 Å². The van der Waals surface area contributed by atoms with Crippen LogP contribution in [0, 0.1) is 5.41 Å². The van der Waals surface area contributed by atoms with E-state index in [-0.39, 0.29) is 0 Å². The molecule has 1 atom stereocenters. The fourth-order valence-electron chi connectivity index (χ4n) is 3.46. The molecule has 3 nitrogen and oxygen atoms in total. The zero-order valence-corrected chi connectivity index (χ0v) is 14.0. The molecule has 0 radical (unpaired) electrons. The second-order valence-corrected chi connectivity index (χ2v) is 7.37. The minimum absolute atomic E-state index is 0.306. The first-order chi connectivity index (χ1) is 10.8. The smallest absolute Gasteiger partial charge is 0.0531 e. The molecule has 2 aromatic heterocycles. The number of pyridine rings is 1. The minimum Gasteiger partial charge on any atom is -0.384 e. The molecule has 0 aliphatic carbocycles. The summed E-state index contributed by atoms with van der Waals surface area (Å²) in [6.45, 7) is 4.14. The maximum absolute atomic E-state index is 5.56. The Hall–Kier alpha value is -1.23. The number of thiophene rings is 1. The van der Waals surface area contributed by atoms with Crippen LogP contribution in [-0.2, 0) is 17.7 Å². The van der Waals surface area contributed by atoms with Gasteiger partial charge in [-0.1, -0.05) is 12.1 Å². The lowest BCUT2D eigenvalue weighted by Crippen LogP contribution is -2.31. The molecule has 0 N–H and O–H groups in total. The fourth-order valence-corrected chi connectivity index (χ4v) is 4.16.